The van der Waals surface area contributed by atoms with Crippen LogP contribution in [0.25, 0.3) is 11.3 Å². The third kappa shape index (κ3) is 3.16. The summed E-state index contributed by atoms with van der Waals surface area (Å²) < 4.78 is 12.9. The van der Waals surface area contributed by atoms with Crippen molar-refractivity contribution >= 4 is 0 Å². The van der Waals surface area contributed by atoms with Gasteiger partial charge in [-0.25, -0.2) is 4.39 Å². The Hall–Kier alpha value is -1.70. The Morgan fingerprint density at radius 3 is 2.56 bits per heavy atom. The van der Waals surface area contributed by atoms with Crippen molar-refractivity contribution in [1.82, 2.24) is 4.98 Å². The molecule has 94 valence electrons. The Balaban J connectivity index is 2.23. The highest BCUT2D eigenvalue weighted by Gasteiger charge is 2.05. The minimum absolute atomic E-state index is 0.206. The SMILES string of the molecule is CCCCCc1cccnc1-c1ccc(F)cc1. The highest BCUT2D eigenvalue weighted by molar-refractivity contribution is 5.62. The summed E-state index contributed by atoms with van der Waals surface area (Å²) in [6.07, 6.45) is 6.46. The Morgan fingerprint density at radius 2 is 1.83 bits per heavy atom. The van der Waals surface area contributed by atoms with E-state index in [4.69, 9.17) is 0 Å². The van der Waals surface area contributed by atoms with Crippen LogP contribution in [0.5, 0.6) is 0 Å². The Labute approximate surface area is 108 Å². The Bertz CT molecular complexity index is 491. The molecule has 1 heterocycles. The Morgan fingerprint density at radius 1 is 1.06 bits per heavy atom. The number of hydrogen-bond donors (Lipinski definition) is 0. The van der Waals surface area contributed by atoms with Crippen molar-refractivity contribution < 1.29 is 4.39 Å². The van der Waals surface area contributed by atoms with Crippen LogP contribution in [-0.2, 0) is 6.42 Å². The molecule has 1 aromatic carbocycles. The van der Waals surface area contributed by atoms with Crippen LogP contribution in [0.4, 0.5) is 4.39 Å². The monoisotopic (exact) mass is 243 g/mol. The number of hydrogen-bond acceptors (Lipinski definition) is 1. The number of aromatic nitrogens is 1. The molecule has 0 saturated carbocycles. The summed E-state index contributed by atoms with van der Waals surface area (Å²) >= 11 is 0. The molecular formula is C16H18FN. The van der Waals surface area contributed by atoms with Gasteiger partial charge >= 0.3 is 0 Å². The molecule has 2 heteroatoms. The highest BCUT2D eigenvalue weighted by Crippen LogP contribution is 2.22. The first-order chi connectivity index (χ1) is 8.81. The van der Waals surface area contributed by atoms with E-state index >= 15 is 0 Å². The van der Waals surface area contributed by atoms with Gasteiger partial charge < -0.3 is 0 Å². The van der Waals surface area contributed by atoms with Gasteiger partial charge in [0.1, 0.15) is 5.82 Å². The average Bonchev–Trinajstić information content (AvgIpc) is 2.41. The predicted octanol–water partition coefficient (Wildman–Crippen LogP) is 4.62. The molecule has 0 bridgehead atoms. The highest BCUT2D eigenvalue weighted by atomic mass is 19.1. The zero-order chi connectivity index (χ0) is 12.8. The van der Waals surface area contributed by atoms with Gasteiger partial charge in [-0.05, 0) is 48.7 Å². The van der Waals surface area contributed by atoms with Crippen molar-refractivity contribution in [1.29, 1.82) is 0 Å². The van der Waals surface area contributed by atoms with Crippen molar-refractivity contribution in [3.8, 4) is 11.3 Å². The van der Waals surface area contributed by atoms with E-state index in [1.54, 1.807) is 18.3 Å². The molecule has 0 saturated heterocycles. The molecule has 18 heavy (non-hydrogen) atoms. The van der Waals surface area contributed by atoms with Crippen molar-refractivity contribution in [3.05, 3.63) is 54.0 Å². The first kappa shape index (κ1) is 12.7. The fourth-order valence-corrected chi connectivity index (χ4v) is 2.07. The van der Waals surface area contributed by atoms with E-state index in [9.17, 15) is 4.39 Å². The largest absolute Gasteiger partial charge is 0.256 e. The van der Waals surface area contributed by atoms with Gasteiger partial charge in [-0.2, -0.15) is 0 Å². The smallest absolute Gasteiger partial charge is 0.123 e. The van der Waals surface area contributed by atoms with E-state index in [1.807, 2.05) is 6.07 Å². The summed E-state index contributed by atoms with van der Waals surface area (Å²) in [7, 11) is 0. The fourth-order valence-electron chi connectivity index (χ4n) is 2.07. The second-order valence-electron chi connectivity index (χ2n) is 4.48. The summed E-state index contributed by atoms with van der Waals surface area (Å²) in [6.45, 7) is 2.20. The molecule has 0 amide bonds. The van der Waals surface area contributed by atoms with E-state index in [0.29, 0.717) is 0 Å². The van der Waals surface area contributed by atoms with Crippen molar-refractivity contribution in [2.75, 3.05) is 0 Å². The summed E-state index contributed by atoms with van der Waals surface area (Å²) in [4.78, 5) is 4.43. The lowest BCUT2D eigenvalue weighted by molar-refractivity contribution is 0.628. The summed E-state index contributed by atoms with van der Waals surface area (Å²) in [5.74, 6) is -0.206. The van der Waals surface area contributed by atoms with Crippen molar-refractivity contribution in [3.63, 3.8) is 0 Å². The van der Waals surface area contributed by atoms with Crippen LogP contribution in [0.15, 0.2) is 42.6 Å². The fraction of sp³-hybridized carbons (Fsp3) is 0.312. The molecule has 0 aliphatic rings. The van der Waals surface area contributed by atoms with Gasteiger partial charge in [-0.3, -0.25) is 4.98 Å². The van der Waals surface area contributed by atoms with E-state index in [0.717, 1.165) is 17.7 Å². The van der Waals surface area contributed by atoms with Crippen molar-refractivity contribution in [2.24, 2.45) is 0 Å². The number of benzene rings is 1. The lowest BCUT2D eigenvalue weighted by Gasteiger charge is -2.08. The van der Waals surface area contributed by atoms with Crippen LogP contribution in [0.3, 0.4) is 0 Å². The standard InChI is InChI=1S/C16H18FN/c1-2-3-4-6-13-7-5-12-18-16(13)14-8-10-15(17)11-9-14/h5,7-12H,2-4,6H2,1H3. The predicted molar refractivity (Wildman–Crippen MR) is 72.9 cm³/mol. The molecule has 0 aliphatic carbocycles. The maximum Gasteiger partial charge on any atom is 0.123 e. The molecule has 1 aromatic heterocycles. The number of aryl methyl sites for hydroxylation is 1. The third-order valence-corrected chi connectivity index (χ3v) is 3.06. The van der Waals surface area contributed by atoms with Crippen LogP contribution in [0, 0.1) is 5.82 Å². The first-order valence-electron chi connectivity index (χ1n) is 6.51. The molecule has 1 nitrogen and oxygen atoms in total. The minimum Gasteiger partial charge on any atom is -0.256 e. The molecular weight excluding hydrogens is 225 g/mol. The molecule has 0 aliphatic heterocycles. The molecule has 0 spiro atoms. The van der Waals surface area contributed by atoms with Gasteiger partial charge in [0.2, 0.25) is 0 Å². The molecule has 0 N–H and O–H groups in total. The molecule has 2 aromatic rings. The maximum atomic E-state index is 12.9. The molecule has 2 rings (SSSR count). The van der Waals surface area contributed by atoms with Gasteiger partial charge in [-0.15, -0.1) is 0 Å². The lowest BCUT2D eigenvalue weighted by Crippen LogP contribution is -1.93. The molecule has 0 atom stereocenters. The normalized spacial score (nSPS) is 10.6. The van der Waals surface area contributed by atoms with Crippen LogP contribution in [0.2, 0.25) is 0 Å². The molecule has 0 unspecified atom stereocenters. The zero-order valence-electron chi connectivity index (χ0n) is 10.7. The second kappa shape index (κ2) is 6.29. The van der Waals surface area contributed by atoms with E-state index < -0.39 is 0 Å². The van der Waals surface area contributed by atoms with E-state index in [1.165, 1.54) is 37.0 Å². The second-order valence-corrected chi connectivity index (χ2v) is 4.48. The Kier molecular flexibility index (Phi) is 4.46. The van der Waals surface area contributed by atoms with Gasteiger partial charge in [0.15, 0.2) is 0 Å². The lowest BCUT2D eigenvalue weighted by atomic mass is 10.0. The number of unbranched alkanes of at least 4 members (excludes halogenated alkanes) is 2. The summed E-state index contributed by atoms with van der Waals surface area (Å²) in [6, 6.07) is 10.6. The van der Waals surface area contributed by atoms with Crippen LogP contribution >= 0.6 is 0 Å². The molecule has 0 radical (unpaired) electrons. The van der Waals surface area contributed by atoms with Gasteiger partial charge in [0, 0.05) is 11.8 Å². The van der Waals surface area contributed by atoms with Crippen LogP contribution in [0.1, 0.15) is 31.7 Å². The number of pyridine rings is 1. The molecule has 0 fully saturated rings. The van der Waals surface area contributed by atoms with Gasteiger partial charge in [0.25, 0.3) is 0 Å². The van der Waals surface area contributed by atoms with Crippen molar-refractivity contribution in [2.45, 2.75) is 32.6 Å². The topological polar surface area (TPSA) is 12.9 Å². The third-order valence-electron chi connectivity index (χ3n) is 3.06. The number of nitrogens with zero attached hydrogens (tertiary/aromatic N) is 1. The summed E-state index contributed by atoms with van der Waals surface area (Å²) in [5, 5.41) is 0. The maximum absolute atomic E-state index is 12.9. The van der Waals surface area contributed by atoms with Gasteiger partial charge in [0.05, 0.1) is 5.69 Å². The van der Waals surface area contributed by atoms with Crippen LogP contribution < -0.4 is 0 Å². The minimum atomic E-state index is -0.206. The quantitative estimate of drug-likeness (QED) is 0.698. The number of halogens is 1. The summed E-state index contributed by atoms with van der Waals surface area (Å²) in [5.41, 5.74) is 3.22. The van der Waals surface area contributed by atoms with Crippen LogP contribution in [-0.4, -0.2) is 4.98 Å². The average molecular weight is 243 g/mol. The number of rotatable bonds is 5. The first-order valence-corrected chi connectivity index (χ1v) is 6.51. The van der Waals surface area contributed by atoms with E-state index in [-0.39, 0.29) is 5.82 Å². The zero-order valence-corrected chi connectivity index (χ0v) is 10.7. The van der Waals surface area contributed by atoms with E-state index in [2.05, 4.69) is 18.0 Å². The van der Waals surface area contributed by atoms with Gasteiger partial charge in [-0.1, -0.05) is 25.8 Å².